The summed E-state index contributed by atoms with van der Waals surface area (Å²) in [5.74, 6) is -0.516. The van der Waals surface area contributed by atoms with Gasteiger partial charge in [-0.05, 0) is 52.8 Å². The lowest BCUT2D eigenvalue weighted by Gasteiger charge is -2.18. The van der Waals surface area contributed by atoms with Crippen LogP contribution < -0.4 is 14.8 Å². The lowest BCUT2D eigenvalue weighted by molar-refractivity contribution is -0.274. The van der Waals surface area contributed by atoms with Crippen molar-refractivity contribution in [3.05, 3.63) is 71.8 Å². The van der Waals surface area contributed by atoms with Crippen LogP contribution in [0, 0.1) is 5.41 Å². The predicted octanol–water partition coefficient (Wildman–Crippen LogP) is 7.20. The number of hydrogen-bond acceptors (Lipinski definition) is 3. The molecule has 0 aliphatic carbocycles. The Morgan fingerprint density at radius 3 is 2.38 bits per heavy atom. The minimum Gasteiger partial charge on any atom is -0.454 e. The van der Waals surface area contributed by atoms with Crippen molar-refractivity contribution >= 4 is 11.6 Å². The summed E-state index contributed by atoms with van der Waals surface area (Å²) in [6.07, 6.45) is -3.93. The van der Waals surface area contributed by atoms with Gasteiger partial charge in [-0.1, -0.05) is 51.1 Å². The van der Waals surface area contributed by atoms with Crippen LogP contribution in [0.5, 0.6) is 17.2 Å². The van der Waals surface area contributed by atoms with Crippen LogP contribution in [0.4, 0.5) is 18.9 Å². The molecule has 166 valence electrons. The fourth-order valence-corrected chi connectivity index (χ4v) is 3.64. The minimum absolute atomic E-state index is 0.0671. The van der Waals surface area contributed by atoms with Crippen molar-refractivity contribution in [2.24, 2.45) is 5.41 Å². The Morgan fingerprint density at radius 1 is 0.906 bits per heavy atom. The first-order valence-electron chi connectivity index (χ1n) is 10.1. The zero-order valence-corrected chi connectivity index (χ0v) is 17.8. The summed E-state index contributed by atoms with van der Waals surface area (Å²) < 4.78 is 47.6. The van der Waals surface area contributed by atoms with E-state index in [-0.39, 0.29) is 28.2 Å². The molecule has 4 rings (SSSR count). The Kier molecular flexibility index (Phi) is 5.36. The van der Waals surface area contributed by atoms with Crippen LogP contribution in [0.2, 0.25) is 0 Å². The van der Waals surface area contributed by atoms with Gasteiger partial charge < -0.3 is 14.8 Å². The summed E-state index contributed by atoms with van der Waals surface area (Å²) in [6.45, 7) is 6.51. The smallest absolute Gasteiger partial charge is 0.454 e. The van der Waals surface area contributed by atoms with Crippen LogP contribution in [0.25, 0.3) is 11.1 Å². The lowest BCUT2D eigenvalue weighted by Crippen LogP contribution is -2.17. The summed E-state index contributed by atoms with van der Waals surface area (Å²) in [4.78, 5) is 12.6. The maximum Gasteiger partial charge on any atom is 0.573 e. The van der Waals surface area contributed by atoms with Crippen molar-refractivity contribution in [1.29, 1.82) is 0 Å². The third-order valence-electron chi connectivity index (χ3n) is 4.88. The highest BCUT2D eigenvalue weighted by Gasteiger charge is 2.32. The van der Waals surface area contributed by atoms with E-state index in [9.17, 15) is 18.0 Å². The molecular weight excluding hydrogens is 419 g/mol. The maximum absolute atomic E-state index is 12.6. The third-order valence-corrected chi connectivity index (χ3v) is 4.88. The Morgan fingerprint density at radius 2 is 1.66 bits per heavy atom. The molecule has 1 aliphatic heterocycles. The van der Waals surface area contributed by atoms with Crippen LogP contribution in [0.1, 0.15) is 36.7 Å². The first-order chi connectivity index (χ1) is 15.0. The summed E-state index contributed by atoms with van der Waals surface area (Å²) in [6, 6.07) is 16.8. The second-order valence-electron chi connectivity index (χ2n) is 8.91. The quantitative estimate of drug-likeness (QED) is 0.468. The van der Waals surface area contributed by atoms with E-state index in [2.05, 4.69) is 43.0 Å². The number of benzene rings is 3. The molecule has 0 fully saturated rings. The molecule has 3 aromatic carbocycles. The van der Waals surface area contributed by atoms with Crippen molar-refractivity contribution in [3.8, 4) is 28.4 Å². The highest BCUT2D eigenvalue weighted by atomic mass is 19.4. The molecule has 0 bridgehead atoms. The van der Waals surface area contributed by atoms with Crippen LogP contribution in [0.15, 0.2) is 60.7 Å². The molecule has 0 radical (unpaired) electrons. The van der Waals surface area contributed by atoms with Crippen molar-refractivity contribution in [3.63, 3.8) is 0 Å². The molecule has 0 unspecified atom stereocenters. The topological polar surface area (TPSA) is 47.6 Å². The molecule has 0 saturated heterocycles. The van der Waals surface area contributed by atoms with Gasteiger partial charge >= 0.3 is 6.36 Å². The van der Waals surface area contributed by atoms with Gasteiger partial charge in [-0.25, -0.2) is 0 Å². The van der Waals surface area contributed by atoms with Crippen LogP contribution >= 0.6 is 0 Å². The molecule has 7 heteroatoms. The van der Waals surface area contributed by atoms with Gasteiger partial charge in [-0.3, -0.25) is 4.79 Å². The summed E-state index contributed by atoms with van der Waals surface area (Å²) in [5.41, 5.74) is 3.65. The van der Waals surface area contributed by atoms with Crippen molar-refractivity contribution in [2.45, 2.75) is 33.6 Å². The van der Waals surface area contributed by atoms with Gasteiger partial charge in [-0.15, -0.1) is 13.2 Å². The molecule has 32 heavy (non-hydrogen) atoms. The van der Waals surface area contributed by atoms with Gasteiger partial charge in [0.15, 0.2) is 5.75 Å². The zero-order valence-electron chi connectivity index (χ0n) is 17.8. The fraction of sp³-hybridized carbons (Fsp3) is 0.240. The van der Waals surface area contributed by atoms with E-state index >= 15 is 0 Å². The largest absolute Gasteiger partial charge is 0.573 e. The Bertz CT molecular complexity index is 1180. The van der Waals surface area contributed by atoms with E-state index in [4.69, 9.17) is 4.74 Å². The molecule has 0 saturated carbocycles. The number of halogens is 3. The number of anilines is 1. The summed E-state index contributed by atoms with van der Waals surface area (Å²) in [7, 11) is 0. The number of ether oxygens (including phenoxy) is 2. The van der Waals surface area contributed by atoms with E-state index < -0.39 is 18.0 Å². The number of fused-ring (bicyclic) bond motifs is 2. The number of hydrogen-bond donors (Lipinski definition) is 1. The molecule has 0 aromatic heterocycles. The van der Waals surface area contributed by atoms with Gasteiger partial charge in [0, 0.05) is 6.07 Å². The Labute approximate surface area is 184 Å². The van der Waals surface area contributed by atoms with Crippen molar-refractivity contribution < 1.29 is 27.4 Å². The van der Waals surface area contributed by atoms with E-state index in [1.807, 2.05) is 18.2 Å². The van der Waals surface area contributed by atoms with E-state index in [1.165, 1.54) is 11.6 Å². The molecule has 1 aliphatic rings. The van der Waals surface area contributed by atoms with Crippen LogP contribution in [-0.4, -0.2) is 12.3 Å². The molecule has 0 atom stereocenters. The summed E-state index contributed by atoms with van der Waals surface area (Å²) >= 11 is 0. The molecule has 3 aromatic rings. The number of nitrogens with one attached hydrogen (secondary N) is 1. The van der Waals surface area contributed by atoms with Gasteiger partial charge in [0.1, 0.15) is 11.5 Å². The molecule has 0 spiro atoms. The molecule has 1 heterocycles. The monoisotopic (exact) mass is 441 g/mol. The summed E-state index contributed by atoms with van der Waals surface area (Å²) in [5, 5.41) is 2.66. The Hall–Kier alpha value is -3.48. The standard InChI is InChI=1S/C25H22F3NO3/c1-24(2,3)14-15-5-4-6-16(11-15)17-7-9-19-21(12-17)31-22-13-18(32-25(26,27)28)8-10-20(22)29-23(19)30/h4-13H,14H2,1-3H3,(H,29,30). The number of alkyl halides is 3. The average Bonchev–Trinajstić information content (AvgIpc) is 2.80. The lowest BCUT2D eigenvalue weighted by atomic mass is 9.87. The highest BCUT2D eigenvalue weighted by molar-refractivity contribution is 6.08. The van der Waals surface area contributed by atoms with Gasteiger partial charge in [0.25, 0.3) is 5.91 Å². The number of carbonyl (C=O) groups excluding carboxylic acids is 1. The fourth-order valence-electron chi connectivity index (χ4n) is 3.64. The van der Waals surface area contributed by atoms with Crippen molar-refractivity contribution in [2.75, 3.05) is 5.32 Å². The first kappa shape index (κ1) is 21.7. The second-order valence-corrected chi connectivity index (χ2v) is 8.91. The SMILES string of the molecule is CC(C)(C)Cc1cccc(-c2ccc3c(c2)Oc2cc(OC(F)(F)F)ccc2NC3=O)c1. The van der Waals surface area contributed by atoms with Gasteiger partial charge in [0.2, 0.25) is 0 Å². The van der Waals surface area contributed by atoms with Gasteiger partial charge in [0.05, 0.1) is 11.3 Å². The van der Waals surface area contributed by atoms with E-state index in [0.29, 0.717) is 0 Å². The molecule has 1 amide bonds. The van der Waals surface area contributed by atoms with Crippen LogP contribution in [-0.2, 0) is 6.42 Å². The predicted molar refractivity (Wildman–Crippen MR) is 116 cm³/mol. The zero-order chi connectivity index (χ0) is 23.1. The Balaban J connectivity index is 1.70. The van der Waals surface area contributed by atoms with Crippen molar-refractivity contribution in [1.82, 2.24) is 0 Å². The molecule has 1 N–H and O–H groups in total. The first-order valence-corrected chi connectivity index (χ1v) is 10.1. The average molecular weight is 441 g/mol. The third kappa shape index (κ3) is 5.04. The molecule has 4 nitrogen and oxygen atoms in total. The molecular formula is C25H22F3NO3. The van der Waals surface area contributed by atoms with E-state index in [0.717, 1.165) is 29.7 Å². The van der Waals surface area contributed by atoms with Gasteiger partial charge in [-0.2, -0.15) is 0 Å². The minimum atomic E-state index is -4.83. The number of rotatable bonds is 3. The maximum atomic E-state index is 12.6. The van der Waals surface area contributed by atoms with E-state index in [1.54, 1.807) is 12.1 Å². The normalized spacial score (nSPS) is 13.4. The number of amides is 1. The van der Waals surface area contributed by atoms with Crippen LogP contribution in [0.3, 0.4) is 0 Å². The number of carbonyl (C=O) groups is 1. The highest BCUT2D eigenvalue weighted by Crippen LogP contribution is 2.40. The second kappa shape index (κ2) is 7.89.